The second-order valence-electron chi connectivity index (χ2n) is 3.79. The molecule has 1 amide bonds. The van der Waals surface area contributed by atoms with Crippen molar-refractivity contribution in [1.29, 1.82) is 0 Å². The van der Waals surface area contributed by atoms with Crippen LogP contribution in [0.3, 0.4) is 0 Å². The number of benzene rings is 1. The number of nitrogens with one attached hydrogen (secondary N) is 2. The van der Waals surface area contributed by atoms with Crippen LogP contribution in [0.1, 0.15) is 10.4 Å². The van der Waals surface area contributed by atoms with Gasteiger partial charge in [0.25, 0.3) is 5.91 Å². The summed E-state index contributed by atoms with van der Waals surface area (Å²) < 4.78 is 0. The monoisotopic (exact) mass is 234 g/mol. The molecule has 0 fully saturated rings. The Labute approximate surface area is 98.1 Å². The Kier molecular flexibility index (Phi) is 3.41. The smallest absolute Gasteiger partial charge is 0.253 e. The standard InChI is InChI=1S/C12H14N2O3/c15-7-9(16)6-14-12(17)10-3-1-2-8-4-5-13-11(8)10/h1-5,9,13,15-16H,6-7H2,(H,14,17). The van der Waals surface area contributed by atoms with E-state index >= 15 is 0 Å². The van der Waals surface area contributed by atoms with Gasteiger partial charge in [0.15, 0.2) is 0 Å². The van der Waals surface area contributed by atoms with E-state index in [4.69, 9.17) is 10.2 Å². The number of carbonyl (C=O) groups excluding carboxylic acids is 1. The van der Waals surface area contributed by atoms with E-state index in [0.29, 0.717) is 5.56 Å². The maximum Gasteiger partial charge on any atom is 0.253 e. The SMILES string of the molecule is O=C(NCC(O)CO)c1cccc2cc[nH]c12. The third-order valence-electron chi connectivity index (χ3n) is 2.54. The van der Waals surface area contributed by atoms with E-state index in [1.807, 2.05) is 12.1 Å². The van der Waals surface area contributed by atoms with Crippen LogP contribution in [-0.4, -0.2) is 40.4 Å². The minimum absolute atomic E-state index is 0.0342. The minimum Gasteiger partial charge on any atom is -0.394 e. The average Bonchev–Trinajstić information content (AvgIpc) is 2.83. The lowest BCUT2D eigenvalue weighted by Crippen LogP contribution is -2.33. The molecule has 0 saturated heterocycles. The molecule has 17 heavy (non-hydrogen) atoms. The Balaban J connectivity index is 2.16. The third-order valence-corrected chi connectivity index (χ3v) is 2.54. The molecule has 5 heteroatoms. The van der Waals surface area contributed by atoms with Crippen molar-refractivity contribution in [2.24, 2.45) is 0 Å². The molecule has 1 aromatic carbocycles. The Morgan fingerprint density at radius 3 is 3.00 bits per heavy atom. The first-order valence-corrected chi connectivity index (χ1v) is 5.35. The van der Waals surface area contributed by atoms with Gasteiger partial charge in [0.05, 0.1) is 23.8 Å². The molecule has 2 aromatic rings. The van der Waals surface area contributed by atoms with Gasteiger partial charge in [0.2, 0.25) is 0 Å². The van der Waals surface area contributed by atoms with Gasteiger partial charge in [-0.05, 0) is 12.1 Å². The van der Waals surface area contributed by atoms with Crippen LogP contribution in [0, 0.1) is 0 Å². The first-order valence-electron chi connectivity index (χ1n) is 5.35. The average molecular weight is 234 g/mol. The molecule has 0 aliphatic carbocycles. The molecule has 2 rings (SSSR count). The van der Waals surface area contributed by atoms with E-state index in [0.717, 1.165) is 10.9 Å². The highest BCUT2D eigenvalue weighted by molar-refractivity contribution is 6.05. The summed E-state index contributed by atoms with van der Waals surface area (Å²) in [6.45, 7) is -0.334. The zero-order valence-electron chi connectivity index (χ0n) is 9.18. The fourth-order valence-electron chi connectivity index (χ4n) is 1.64. The third kappa shape index (κ3) is 2.46. The van der Waals surface area contributed by atoms with Gasteiger partial charge < -0.3 is 20.5 Å². The molecule has 0 radical (unpaired) electrons. The van der Waals surface area contributed by atoms with E-state index in [-0.39, 0.29) is 19.1 Å². The molecule has 0 aliphatic heterocycles. The van der Waals surface area contributed by atoms with Crippen molar-refractivity contribution in [2.75, 3.05) is 13.2 Å². The highest BCUT2D eigenvalue weighted by atomic mass is 16.3. The zero-order valence-corrected chi connectivity index (χ0v) is 9.18. The number of amides is 1. The number of H-pyrrole nitrogens is 1. The molecule has 1 heterocycles. The molecular weight excluding hydrogens is 220 g/mol. The molecule has 0 saturated carbocycles. The van der Waals surface area contributed by atoms with Crippen molar-refractivity contribution in [1.82, 2.24) is 10.3 Å². The molecule has 1 aromatic heterocycles. The van der Waals surface area contributed by atoms with Gasteiger partial charge in [-0.1, -0.05) is 12.1 Å². The lowest BCUT2D eigenvalue weighted by Gasteiger charge is -2.09. The van der Waals surface area contributed by atoms with E-state index in [9.17, 15) is 4.79 Å². The van der Waals surface area contributed by atoms with Gasteiger partial charge in [-0.3, -0.25) is 4.79 Å². The summed E-state index contributed by atoms with van der Waals surface area (Å²) in [6, 6.07) is 7.30. The van der Waals surface area contributed by atoms with Crippen LogP contribution in [-0.2, 0) is 0 Å². The molecule has 0 bridgehead atoms. The summed E-state index contributed by atoms with van der Waals surface area (Å²) in [5, 5.41) is 21.3. The number of hydrogen-bond donors (Lipinski definition) is 4. The lowest BCUT2D eigenvalue weighted by molar-refractivity contribution is 0.0803. The van der Waals surface area contributed by atoms with E-state index in [1.165, 1.54) is 0 Å². The molecule has 5 nitrogen and oxygen atoms in total. The van der Waals surface area contributed by atoms with Crippen molar-refractivity contribution in [3.8, 4) is 0 Å². The Hall–Kier alpha value is -1.85. The van der Waals surface area contributed by atoms with Crippen LogP contribution in [0.2, 0.25) is 0 Å². The van der Waals surface area contributed by atoms with Crippen LogP contribution in [0.15, 0.2) is 30.5 Å². The van der Waals surface area contributed by atoms with E-state index < -0.39 is 6.10 Å². The summed E-state index contributed by atoms with van der Waals surface area (Å²) in [7, 11) is 0. The fourth-order valence-corrected chi connectivity index (χ4v) is 1.64. The van der Waals surface area contributed by atoms with Gasteiger partial charge in [-0.25, -0.2) is 0 Å². The summed E-state index contributed by atoms with van der Waals surface area (Å²) in [6.07, 6.45) is 0.839. The van der Waals surface area contributed by atoms with Gasteiger partial charge >= 0.3 is 0 Å². The van der Waals surface area contributed by atoms with Gasteiger partial charge in [-0.2, -0.15) is 0 Å². The molecule has 1 unspecified atom stereocenters. The first kappa shape index (κ1) is 11.6. The number of aliphatic hydroxyl groups excluding tert-OH is 2. The maximum absolute atomic E-state index is 11.9. The summed E-state index contributed by atoms with van der Waals surface area (Å²) in [4.78, 5) is 14.9. The van der Waals surface area contributed by atoms with Crippen LogP contribution < -0.4 is 5.32 Å². The van der Waals surface area contributed by atoms with Crippen LogP contribution in [0.4, 0.5) is 0 Å². The largest absolute Gasteiger partial charge is 0.394 e. The summed E-state index contributed by atoms with van der Waals surface area (Å²) in [5.41, 5.74) is 1.29. The predicted octanol–water partition coefficient (Wildman–Crippen LogP) is 0.251. The maximum atomic E-state index is 11.9. The van der Waals surface area contributed by atoms with Gasteiger partial charge in [-0.15, -0.1) is 0 Å². The Bertz CT molecular complexity index is 521. The Morgan fingerprint density at radius 2 is 2.24 bits per heavy atom. The normalized spacial score (nSPS) is 12.6. The van der Waals surface area contributed by atoms with Crippen LogP contribution in [0.25, 0.3) is 10.9 Å². The minimum atomic E-state index is -0.929. The summed E-state index contributed by atoms with van der Waals surface area (Å²) >= 11 is 0. The Morgan fingerprint density at radius 1 is 1.41 bits per heavy atom. The fraction of sp³-hybridized carbons (Fsp3) is 0.250. The van der Waals surface area contributed by atoms with Crippen molar-refractivity contribution in [2.45, 2.75) is 6.10 Å². The first-order chi connectivity index (χ1) is 8.22. The van der Waals surface area contributed by atoms with E-state index in [1.54, 1.807) is 18.3 Å². The summed E-state index contributed by atoms with van der Waals surface area (Å²) in [5.74, 6) is -0.273. The zero-order chi connectivity index (χ0) is 12.3. The number of aromatic amines is 1. The van der Waals surface area contributed by atoms with Crippen LogP contribution in [0.5, 0.6) is 0 Å². The van der Waals surface area contributed by atoms with Crippen LogP contribution >= 0.6 is 0 Å². The molecule has 0 spiro atoms. The van der Waals surface area contributed by atoms with Crippen molar-refractivity contribution < 1.29 is 15.0 Å². The topological polar surface area (TPSA) is 85.3 Å². The second-order valence-corrected chi connectivity index (χ2v) is 3.79. The highest BCUT2D eigenvalue weighted by Gasteiger charge is 2.11. The number of aliphatic hydroxyl groups is 2. The van der Waals surface area contributed by atoms with E-state index in [2.05, 4.69) is 10.3 Å². The van der Waals surface area contributed by atoms with Crippen molar-refractivity contribution >= 4 is 16.8 Å². The molecule has 4 N–H and O–H groups in total. The van der Waals surface area contributed by atoms with Crippen molar-refractivity contribution in [3.05, 3.63) is 36.0 Å². The highest BCUT2D eigenvalue weighted by Crippen LogP contribution is 2.16. The number of aromatic nitrogens is 1. The van der Waals surface area contributed by atoms with Gasteiger partial charge in [0, 0.05) is 18.1 Å². The quantitative estimate of drug-likeness (QED) is 0.611. The molecular formula is C12H14N2O3. The lowest BCUT2D eigenvalue weighted by atomic mass is 10.1. The number of fused-ring (bicyclic) bond motifs is 1. The molecule has 0 aliphatic rings. The second kappa shape index (κ2) is 4.99. The predicted molar refractivity (Wildman–Crippen MR) is 63.7 cm³/mol. The number of hydrogen-bond acceptors (Lipinski definition) is 3. The molecule has 1 atom stereocenters. The number of carbonyl (C=O) groups is 1. The van der Waals surface area contributed by atoms with Gasteiger partial charge in [0.1, 0.15) is 0 Å². The molecule has 90 valence electrons. The number of para-hydroxylation sites is 1. The number of rotatable bonds is 4. The van der Waals surface area contributed by atoms with Crippen molar-refractivity contribution in [3.63, 3.8) is 0 Å².